The zero-order valence-electron chi connectivity index (χ0n) is 23.0. The maximum Gasteiger partial charge on any atom is 0.334 e. The zero-order chi connectivity index (χ0) is 24.2. The summed E-state index contributed by atoms with van der Waals surface area (Å²) in [6.07, 6.45) is 11.8. The lowest BCUT2D eigenvalue weighted by Gasteiger charge is -2.75. The van der Waals surface area contributed by atoms with Gasteiger partial charge in [-0.2, -0.15) is 0 Å². The second kappa shape index (κ2) is 9.54. The average molecular weight is 509 g/mol. The van der Waals surface area contributed by atoms with Crippen molar-refractivity contribution in [1.82, 2.24) is 0 Å². The van der Waals surface area contributed by atoms with Gasteiger partial charge in [-0.15, -0.1) is 0 Å². The van der Waals surface area contributed by atoms with Crippen LogP contribution in [-0.2, 0) is 17.7 Å². The van der Waals surface area contributed by atoms with Crippen LogP contribution in [0, 0.1) is 46.3 Å². The maximum absolute atomic E-state index is 6.24. The van der Waals surface area contributed by atoms with Crippen molar-refractivity contribution in [3.8, 4) is 0 Å². The van der Waals surface area contributed by atoms with Crippen LogP contribution in [0.2, 0.25) is 25.2 Å². The van der Waals surface area contributed by atoms with Crippen molar-refractivity contribution in [2.75, 3.05) is 26.4 Å². The van der Waals surface area contributed by atoms with Gasteiger partial charge < -0.3 is 17.7 Å². The third-order valence-electron chi connectivity index (χ3n) is 11.3. The smallest absolute Gasteiger partial charge is 0.334 e. The summed E-state index contributed by atoms with van der Waals surface area (Å²) in [6, 6.07) is 2.39. The largest absolute Gasteiger partial charge is 0.395 e. The lowest BCUT2D eigenvalue weighted by atomic mass is 9.30. The molecule has 0 aromatic carbocycles. The second-order valence-corrected chi connectivity index (χ2v) is 19.9. The van der Waals surface area contributed by atoms with E-state index in [0.29, 0.717) is 10.8 Å². The summed E-state index contributed by atoms with van der Waals surface area (Å²) in [6.45, 7) is 16.4. The van der Waals surface area contributed by atoms with Crippen molar-refractivity contribution in [3.05, 3.63) is 0 Å². The van der Waals surface area contributed by atoms with Gasteiger partial charge in [0.1, 0.15) is 0 Å². The summed E-state index contributed by atoms with van der Waals surface area (Å²) < 4.78 is 25.0. The summed E-state index contributed by atoms with van der Waals surface area (Å²) in [7, 11) is -4.02. The van der Waals surface area contributed by atoms with Crippen LogP contribution in [0.1, 0.15) is 79.1 Å². The molecule has 0 aromatic rings. The minimum Gasteiger partial charge on any atom is -0.395 e. The van der Waals surface area contributed by atoms with Gasteiger partial charge in [0.2, 0.25) is 0 Å². The summed E-state index contributed by atoms with van der Waals surface area (Å²) in [5.74, 6) is 6.15. The fourth-order valence-corrected chi connectivity index (χ4v) is 15.6. The highest BCUT2D eigenvalue weighted by Crippen LogP contribution is 2.78. The van der Waals surface area contributed by atoms with Crippen LogP contribution >= 0.6 is 0 Å². The van der Waals surface area contributed by atoms with Crippen LogP contribution < -0.4 is 0 Å². The molecule has 8 bridgehead atoms. The van der Waals surface area contributed by atoms with E-state index in [-0.39, 0.29) is 0 Å². The van der Waals surface area contributed by atoms with Gasteiger partial charge in [-0.25, -0.2) is 0 Å². The van der Waals surface area contributed by atoms with Crippen LogP contribution in [0.15, 0.2) is 0 Å². The predicted molar refractivity (Wildman–Crippen MR) is 142 cm³/mol. The fourth-order valence-electron chi connectivity index (χ4n) is 10.4. The molecule has 0 N–H and O–H groups in total. The fraction of sp³-hybridized carbons (Fsp3) is 1.00. The number of rotatable bonds is 14. The van der Waals surface area contributed by atoms with E-state index in [1.165, 1.54) is 63.5 Å². The molecular formula is C28H52O4Si2. The van der Waals surface area contributed by atoms with Crippen molar-refractivity contribution in [3.63, 3.8) is 0 Å². The summed E-state index contributed by atoms with van der Waals surface area (Å²) in [5.41, 5.74) is 1.22. The molecular weight excluding hydrogens is 456 g/mol. The first-order chi connectivity index (χ1) is 16.2. The molecule has 7 aliphatic carbocycles. The third-order valence-corrected chi connectivity index (χ3v) is 17.2. The molecule has 7 saturated carbocycles. The van der Waals surface area contributed by atoms with Gasteiger partial charge in [-0.05, 0) is 151 Å². The molecule has 0 spiro atoms. The minimum absolute atomic E-state index is 0.610. The first kappa shape index (κ1) is 25.9. The summed E-state index contributed by atoms with van der Waals surface area (Å²) in [4.78, 5) is 0. The molecule has 7 aliphatic rings. The Morgan fingerprint density at radius 3 is 0.941 bits per heavy atom. The second-order valence-electron chi connectivity index (χ2n) is 13.2. The first-order valence-corrected chi connectivity index (χ1v) is 19.8. The van der Waals surface area contributed by atoms with E-state index in [1.54, 1.807) is 0 Å². The van der Waals surface area contributed by atoms with E-state index >= 15 is 0 Å². The maximum atomic E-state index is 6.24. The van der Waals surface area contributed by atoms with E-state index in [2.05, 4.69) is 40.8 Å². The molecule has 7 rings (SSSR count). The molecule has 6 heteroatoms. The van der Waals surface area contributed by atoms with E-state index < -0.39 is 17.1 Å². The van der Waals surface area contributed by atoms with Gasteiger partial charge in [0.15, 0.2) is 0 Å². The van der Waals surface area contributed by atoms with Crippen LogP contribution in [0.5, 0.6) is 0 Å². The van der Waals surface area contributed by atoms with E-state index in [1.807, 2.05) is 0 Å². The monoisotopic (exact) mass is 508 g/mol. The Morgan fingerprint density at radius 2 is 0.735 bits per heavy atom. The molecule has 0 heterocycles. The third kappa shape index (κ3) is 4.44. The van der Waals surface area contributed by atoms with Gasteiger partial charge >= 0.3 is 17.1 Å². The normalized spacial score (nSPS) is 42.2. The topological polar surface area (TPSA) is 36.9 Å². The van der Waals surface area contributed by atoms with Gasteiger partial charge in [0.05, 0.1) is 0 Å². The Morgan fingerprint density at radius 1 is 0.500 bits per heavy atom. The number of hydrogen-bond acceptors (Lipinski definition) is 4. The highest BCUT2D eigenvalue weighted by Gasteiger charge is 2.70. The predicted octanol–water partition coefficient (Wildman–Crippen LogP) is 7.14. The Labute approximate surface area is 211 Å². The van der Waals surface area contributed by atoms with Crippen molar-refractivity contribution in [1.29, 1.82) is 0 Å². The van der Waals surface area contributed by atoms with Crippen molar-refractivity contribution in [2.45, 2.75) is 104 Å². The van der Waals surface area contributed by atoms with Crippen molar-refractivity contribution in [2.24, 2.45) is 46.3 Å². The van der Waals surface area contributed by atoms with Crippen LogP contribution in [-0.4, -0.2) is 43.5 Å². The molecule has 0 radical (unpaired) electrons. The molecule has 7 fully saturated rings. The van der Waals surface area contributed by atoms with Gasteiger partial charge in [-0.1, -0.05) is 0 Å². The Kier molecular flexibility index (Phi) is 7.27. The standard InChI is InChI=1S/C28H52O4Si2/c1-7-29-33(5,30-8-2)13-11-27-15-21-24-18-28(12-14-34(6,31-9-3)32-10-4)19-25(21)23(17-27)26(20-28)22(24)16-27/h21-26H,7-20H2,1-6H3. The lowest BCUT2D eigenvalue weighted by Crippen LogP contribution is -2.67. The van der Waals surface area contributed by atoms with Crippen LogP contribution in [0.4, 0.5) is 0 Å². The molecule has 0 aliphatic heterocycles. The molecule has 0 atom stereocenters. The molecule has 0 saturated heterocycles. The molecule has 0 unspecified atom stereocenters. The average Bonchev–Trinajstić information content (AvgIpc) is 2.80. The van der Waals surface area contributed by atoms with Crippen molar-refractivity contribution < 1.29 is 17.7 Å². The minimum atomic E-state index is -2.01. The van der Waals surface area contributed by atoms with E-state index in [4.69, 9.17) is 17.7 Å². The SMILES string of the molecule is CCO[Si](C)(CCC12CC3C4CC5(CC[Si](C)(OCC)OCC)CC3C(C1)C(C5)C4C2)OCC. The molecule has 0 amide bonds. The Hall–Kier alpha value is 0.274. The first-order valence-electron chi connectivity index (χ1n) is 14.8. The van der Waals surface area contributed by atoms with Crippen LogP contribution in [0.25, 0.3) is 0 Å². The van der Waals surface area contributed by atoms with Crippen LogP contribution in [0.3, 0.4) is 0 Å². The van der Waals surface area contributed by atoms with Gasteiger partial charge in [0.25, 0.3) is 0 Å². The molecule has 34 heavy (non-hydrogen) atoms. The lowest BCUT2D eigenvalue weighted by molar-refractivity contribution is -0.258. The van der Waals surface area contributed by atoms with Gasteiger partial charge in [0, 0.05) is 26.4 Å². The molecule has 4 nitrogen and oxygen atoms in total. The zero-order valence-corrected chi connectivity index (χ0v) is 25.0. The Bertz CT molecular complexity index is 592. The van der Waals surface area contributed by atoms with Gasteiger partial charge in [-0.3, -0.25) is 0 Å². The van der Waals surface area contributed by atoms with Crippen molar-refractivity contribution >= 4 is 17.1 Å². The molecule has 196 valence electrons. The molecule has 0 aromatic heterocycles. The van der Waals surface area contributed by atoms with E-state index in [0.717, 1.165) is 61.9 Å². The highest BCUT2D eigenvalue weighted by molar-refractivity contribution is 6.66. The summed E-state index contributed by atoms with van der Waals surface area (Å²) in [5, 5.41) is 0. The highest BCUT2D eigenvalue weighted by atomic mass is 28.4. The Balaban J connectivity index is 1.26. The summed E-state index contributed by atoms with van der Waals surface area (Å²) >= 11 is 0. The van der Waals surface area contributed by atoms with E-state index in [9.17, 15) is 0 Å². The number of hydrogen-bond donors (Lipinski definition) is 0. The quantitative estimate of drug-likeness (QED) is 0.234.